The molecule has 3 heterocycles. The molecule has 1 aromatic heterocycles. The summed E-state index contributed by atoms with van der Waals surface area (Å²) in [5, 5.41) is 7.95. The zero-order valence-electron chi connectivity index (χ0n) is 17.1. The molecule has 0 spiro atoms. The quantitative estimate of drug-likeness (QED) is 0.584. The van der Waals surface area contributed by atoms with E-state index in [1.807, 2.05) is 37.2 Å². The van der Waals surface area contributed by atoms with Crippen LogP contribution in [0.4, 0.5) is 5.69 Å². The van der Waals surface area contributed by atoms with Crippen LogP contribution in [0.2, 0.25) is 5.02 Å². The Labute approximate surface area is 180 Å². The molecule has 30 heavy (non-hydrogen) atoms. The summed E-state index contributed by atoms with van der Waals surface area (Å²) < 4.78 is 12.9. The molecule has 1 saturated heterocycles. The Hall–Kier alpha value is -2.94. The van der Waals surface area contributed by atoms with Crippen molar-refractivity contribution >= 4 is 29.2 Å². The third-order valence-corrected chi connectivity index (χ3v) is 5.21. The molecule has 1 aromatic carbocycles. The molecule has 1 fully saturated rings. The number of nitrogens with one attached hydrogen (secondary N) is 1. The summed E-state index contributed by atoms with van der Waals surface area (Å²) in [5.74, 6) is 1.94. The van der Waals surface area contributed by atoms with Crippen molar-refractivity contribution in [2.75, 3.05) is 44.3 Å². The number of aliphatic imine (C=N–C) groups is 1. The average Bonchev–Trinajstić information content (AvgIpc) is 3.17. The van der Waals surface area contributed by atoms with Crippen molar-refractivity contribution in [1.82, 2.24) is 20.0 Å². The number of anilines is 1. The number of rotatable bonds is 4. The molecule has 0 bridgehead atoms. The summed E-state index contributed by atoms with van der Waals surface area (Å²) in [5.41, 5.74) is 1.73. The number of hydrogen-bond donors (Lipinski definition) is 1. The van der Waals surface area contributed by atoms with Crippen molar-refractivity contribution in [3.05, 3.63) is 35.1 Å². The third kappa shape index (κ3) is 4.30. The number of ether oxygens (including phenoxy) is 2. The lowest BCUT2D eigenvalue weighted by Gasteiger charge is -2.35. The fourth-order valence-electron chi connectivity index (χ4n) is 3.52. The second kappa shape index (κ2) is 8.83. The highest BCUT2D eigenvalue weighted by atomic mass is 35.5. The molecule has 1 N–H and O–H groups in total. The van der Waals surface area contributed by atoms with Crippen molar-refractivity contribution in [3.8, 4) is 11.5 Å². The summed E-state index contributed by atoms with van der Waals surface area (Å²) in [6, 6.07) is 3.74. The van der Waals surface area contributed by atoms with E-state index in [0.717, 1.165) is 11.3 Å². The number of benzene rings is 1. The van der Waals surface area contributed by atoms with Crippen LogP contribution in [0, 0.1) is 0 Å². The standard InChI is InChI=1S/C20H25ClN6O3/c1-3-22-20(23-10-14-8-16(21)19-17(9-14)29-6-7-30-19)26-4-5-27(18(28)13-26)15-11-24-25(2)12-15/h8-9,11-12H,3-7,10,13H2,1-2H3,(H,22,23). The van der Waals surface area contributed by atoms with Crippen molar-refractivity contribution < 1.29 is 14.3 Å². The molecule has 2 aliphatic rings. The highest BCUT2D eigenvalue weighted by Crippen LogP contribution is 2.38. The number of carbonyl (C=O) groups is 1. The van der Waals surface area contributed by atoms with E-state index >= 15 is 0 Å². The molecule has 160 valence electrons. The number of guanidine groups is 1. The van der Waals surface area contributed by atoms with E-state index in [4.69, 9.17) is 26.1 Å². The molecule has 0 radical (unpaired) electrons. The van der Waals surface area contributed by atoms with E-state index < -0.39 is 0 Å². The highest BCUT2D eigenvalue weighted by Gasteiger charge is 2.27. The van der Waals surface area contributed by atoms with Crippen LogP contribution in [-0.2, 0) is 18.4 Å². The summed E-state index contributed by atoms with van der Waals surface area (Å²) in [7, 11) is 1.84. The van der Waals surface area contributed by atoms with E-state index in [1.54, 1.807) is 15.8 Å². The fraction of sp³-hybridized carbons (Fsp3) is 0.450. The molecule has 0 aliphatic carbocycles. The maximum absolute atomic E-state index is 12.7. The molecular formula is C20H25ClN6O3. The zero-order valence-corrected chi connectivity index (χ0v) is 17.9. The Balaban J connectivity index is 1.47. The Bertz CT molecular complexity index is 960. The van der Waals surface area contributed by atoms with Crippen molar-refractivity contribution in [1.29, 1.82) is 0 Å². The van der Waals surface area contributed by atoms with Gasteiger partial charge in [-0.2, -0.15) is 5.10 Å². The lowest BCUT2D eigenvalue weighted by Crippen LogP contribution is -2.55. The Morgan fingerprint density at radius 2 is 2.13 bits per heavy atom. The maximum atomic E-state index is 12.7. The lowest BCUT2D eigenvalue weighted by molar-refractivity contribution is -0.120. The van der Waals surface area contributed by atoms with E-state index in [0.29, 0.717) is 61.9 Å². The maximum Gasteiger partial charge on any atom is 0.246 e. The van der Waals surface area contributed by atoms with Gasteiger partial charge < -0.3 is 24.6 Å². The van der Waals surface area contributed by atoms with Gasteiger partial charge in [-0.3, -0.25) is 9.48 Å². The number of nitrogens with zero attached hydrogens (tertiary/aromatic N) is 5. The third-order valence-electron chi connectivity index (χ3n) is 4.93. The van der Waals surface area contributed by atoms with Crippen LogP contribution in [-0.4, -0.2) is 65.9 Å². The van der Waals surface area contributed by atoms with Crippen LogP contribution >= 0.6 is 11.6 Å². The Morgan fingerprint density at radius 1 is 1.30 bits per heavy atom. The number of piperazine rings is 1. The predicted octanol–water partition coefficient (Wildman–Crippen LogP) is 1.66. The molecule has 1 amide bonds. The van der Waals surface area contributed by atoms with Crippen LogP contribution in [0.25, 0.3) is 0 Å². The first kappa shape index (κ1) is 20.3. The number of aryl methyl sites for hydroxylation is 1. The van der Waals surface area contributed by atoms with E-state index in [2.05, 4.69) is 10.4 Å². The molecule has 0 atom stereocenters. The molecule has 4 rings (SSSR count). The van der Waals surface area contributed by atoms with Crippen LogP contribution in [0.15, 0.2) is 29.5 Å². The summed E-state index contributed by atoms with van der Waals surface area (Å²) in [4.78, 5) is 21.2. The topological polar surface area (TPSA) is 84.2 Å². The van der Waals surface area contributed by atoms with Gasteiger partial charge in [0, 0.05) is 32.9 Å². The van der Waals surface area contributed by atoms with Gasteiger partial charge in [0.1, 0.15) is 19.8 Å². The highest BCUT2D eigenvalue weighted by molar-refractivity contribution is 6.32. The van der Waals surface area contributed by atoms with Crippen LogP contribution in [0.3, 0.4) is 0 Å². The number of amides is 1. The van der Waals surface area contributed by atoms with Gasteiger partial charge in [0.15, 0.2) is 17.5 Å². The molecule has 0 unspecified atom stereocenters. The Kier molecular flexibility index (Phi) is 5.98. The minimum atomic E-state index is 0.0160. The average molecular weight is 433 g/mol. The number of hydrogen-bond acceptors (Lipinski definition) is 5. The monoisotopic (exact) mass is 432 g/mol. The minimum absolute atomic E-state index is 0.0160. The Morgan fingerprint density at radius 3 is 2.87 bits per heavy atom. The van der Waals surface area contributed by atoms with E-state index in [-0.39, 0.29) is 12.5 Å². The zero-order chi connectivity index (χ0) is 21.1. The van der Waals surface area contributed by atoms with E-state index in [1.165, 1.54) is 0 Å². The molecule has 0 saturated carbocycles. The smallest absolute Gasteiger partial charge is 0.246 e. The lowest BCUT2D eigenvalue weighted by atomic mass is 10.2. The van der Waals surface area contributed by atoms with Crippen molar-refractivity contribution in [2.45, 2.75) is 13.5 Å². The van der Waals surface area contributed by atoms with E-state index in [9.17, 15) is 4.79 Å². The van der Waals surface area contributed by atoms with Crippen LogP contribution < -0.4 is 19.7 Å². The van der Waals surface area contributed by atoms with Gasteiger partial charge >= 0.3 is 0 Å². The number of carbonyl (C=O) groups excluding carboxylic acids is 1. The number of fused-ring (bicyclic) bond motifs is 1. The molecular weight excluding hydrogens is 408 g/mol. The normalized spacial score (nSPS) is 16.8. The van der Waals surface area contributed by atoms with Gasteiger partial charge in [-0.1, -0.05) is 11.6 Å². The summed E-state index contributed by atoms with van der Waals surface area (Å²) >= 11 is 6.33. The number of aromatic nitrogens is 2. The van der Waals surface area contributed by atoms with Gasteiger partial charge in [-0.15, -0.1) is 0 Å². The van der Waals surface area contributed by atoms with Crippen molar-refractivity contribution in [3.63, 3.8) is 0 Å². The minimum Gasteiger partial charge on any atom is -0.486 e. The van der Waals surface area contributed by atoms with Gasteiger partial charge in [-0.05, 0) is 24.6 Å². The molecule has 9 nitrogen and oxygen atoms in total. The first-order valence-corrected chi connectivity index (χ1v) is 10.3. The second-order valence-corrected chi connectivity index (χ2v) is 7.52. The SMILES string of the molecule is CCNC(=NCc1cc(Cl)c2c(c1)OCCO2)N1CCN(c2cnn(C)c2)C(=O)C1. The van der Waals surface area contributed by atoms with Gasteiger partial charge in [0.2, 0.25) is 5.91 Å². The van der Waals surface area contributed by atoms with Crippen LogP contribution in [0.5, 0.6) is 11.5 Å². The molecule has 10 heteroatoms. The second-order valence-electron chi connectivity index (χ2n) is 7.11. The first-order chi connectivity index (χ1) is 14.5. The summed E-state index contributed by atoms with van der Waals surface area (Å²) in [6.07, 6.45) is 3.55. The first-order valence-electron chi connectivity index (χ1n) is 9.95. The fourth-order valence-corrected chi connectivity index (χ4v) is 3.81. The summed E-state index contributed by atoms with van der Waals surface area (Å²) in [6.45, 7) is 5.62. The van der Waals surface area contributed by atoms with Crippen molar-refractivity contribution in [2.24, 2.45) is 12.0 Å². The molecule has 2 aromatic rings. The number of halogens is 1. The largest absolute Gasteiger partial charge is 0.486 e. The van der Waals surface area contributed by atoms with Crippen LogP contribution in [0.1, 0.15) is 12.5 Å². The van der Waals surface area contributed by atoms with Gasteiger partial charge in [0.25, 0.3) is 0 Å². The molecule has 2 aliphatic heterocycles. The predicted molar refractivity (Wildman–Crippen MR) is 114 cm³/mol. The van der Waals surface area contributed by atoms with Gasteiger partial charge in [-0.25, -0.2) is 4.99 Å². The van der Waals surface area contributed by atoms with Gasteiger partial charge in [0.05, 0.1) is 23.5 Å².